The number of methoxy groups -OCH3 is 1. The van der Waals surface area contributed by atoms with Gasteiger partial charge < -0.3 is 14.4 Å². The van der Waals surface area contributed by atoms with Gasteiger partial charge in [-0.2, -0.15) is 4.98 Å². The van der Waals surface area contributed by atoms with Crippen molar-refractivity contribution in [3.63, 3.8) is 0 Å². The highest BCUT2D eigenvalue weighted by Gasteiger charge is 2.14. The van der Waals surface area contributed by atoms with E-state index in [2.05, 4.69) is 10.1 Å². The highest BCUT2D eigenvalue weighted by atomic mass is 16.5. The summed E-state index contributed by atoms with van der Waals surface area (Å²) in [6, 6.07) is 11.2. The molecule has 0 fully saturated rings. The molecule has 1 aromatic heterocycles. The molecule has 19 heavy (non-hydrogen) atoms. The molecule has 0 aliphatic carbocycles. The fourth-order valence-electron chi connectivity index (χ4n) is 1.98. The number of hydrogen-bond acceptors (Lipinski definition) is 5. The predicted molar refractivity (Wildman–Crippen MR) is 69.6 cm³/mol. The van der Waals surface area contributed by atoms with Gasteiger partial charge in [0.05, 0.1) is 5.56 Å². The van der Waals surface area contributed by atoms with Gasteiger partial charge in [0.2, 0.25) is 0 Å². The van der Waals surface area contributed by atoms with Crippen molar-refractivity contribution < 1.29 is 14.4 Å². The summed E-state index contributed by atoms with van der Waals surface area (Å²) < 4.78 is 10.1. The Morgan fingerprint density at radius 2 is 2.05 bits per heavy atom. The van der Waals surface area contributed by atoms with Crippen LogP contribution in [0.2, 0.25) is 0 Å². The first-order valence-corrected chi connectivity index (χ1v) is 5.82. The van der Waals surface area contributed by atoms with Crippen molar-refractivity contribution in [2.45, 2.75) is 6.61 Å². The maximum absolute atomic E-state index is 10.3. The fourth-order valence-corrected chi connectivity index (χ4v) is 1.98. The summed E-state index contributed by atoms with van der Waals surface area (Å²) in [6.45, 7) is 0.276. The van der Waals surface area contributed by atoms with Gasteiger partial charge >= 0.3 is 0 Å². The molecular weight excluding hydrogens is 244 g/mol. The van der Waals surface area contributed by atoms with Gasteiger partial charge in [-0.25, -0.2) is 0 Å². The topological polar surface area (TPSA) is 68.4 Å². The zero-order valence-electron chi connectivity index (χ0n) is 10.3. The van der Waals surface area contributed by atoms with Gasteiger partial charge in [-0.3, -0.25) is 0 Å². The zero-order valence-corrected chi connectivity index (χ0v) is 10.3. The smallest absolute Gasteiger partial charge is 0.261 e. The lowest BCUT2D eigenvalue weighted by molar-refractivity contribution is 0.174. The Morgan fingerprint density at radius 1 is 1.21 bits per heavy atom. The van der Waals surface area contributed by atoms with E-state index in [1.807, 2.05) is 30.3 Å². The summed E-state index contributed by atoms with van der Waals surface area (Å²) in [4.78, 5) is 4.18. The first-order valence-electron chi connectivity index (χ1n) is 5.82. The second-order valence-corrected chi connectivity index (χ2v) is 4.13. The Balaban J connectivity index is 2.11. The summed E-state index contributed by atoms with van der Waals surface area (Å²) in [6.07, 6.45) is 0. The van der Waals surface area contributed by atoms with E-state index in [0.29, 0.717) is 11.4 Å². The molecule has 0 saturated heterocycles. The molecule has 96 valence electrons. The van der Waals surface area contributed by atoms with E-state index in [4.69, 9.17) is 9.26 Å². The number of phenolic OH excluding ortho intramolecular Hbond substituents is 1. The van der Waals surface area contributed by atoms with Crippen LogP contribution in [-0.4, -0.2) is 22.4 Å². The molecular formula is C14H12N2O3. The lowest BCUT2D eigenvalue weighted by Crippen LogP contribution is -1.89. The van der Waals surface area contributed by atoms with Crippen LogP contribution in [0.15, 0.2) is 40.9 Å². The zero-order chi connectivity index (χ0) is 13.2. The molecule has 1 N–H and O–H groups in total. The predicted octanol–water partition coefficient (Wildman–Crippen LogP) is 2.74. The molecule has 0 amide bonds. The van der Waals surface area contributed by atoms with Crippen molar-refractivity contribution in [3.8, 4) is 17.2 Å². The van der Waals surface area contributed by atoms with E-state index in [9.17, 15) is 5.11 Å². The third-order valence-electron chi connectivity index (χ3n) is 2.87. The highest BCUT2D eigenvalue weighted by molar-refractivity contribution is 5.93. The highest BCUT2D eigenvalue weighted by Crippen LogP contribution is 2.34. The number of nitrogens with zero attached hydrogens (tertiary/aromatic N) is 2. The Kier molecular flexibility index (Phi) is 2.89. The minimum atomic E-state index is 0.144. The van der Waals surface area contributed by atoms with Gasteiger partial charge in [-0.1, -0.05) is 35.5 Å². The molecule has 3 aromatic rings. The standard InChI is InChI=1S/C14H12N2O3/c1-18-8-12-15-14(19-16-12)11-7-6-9-4-2-3-5-10(9)13(11)17/h2-7,17H,8H2,1H3. The molecule has 0 aliphatic heterocycles. The summed E-state index contributed by atoms with van der Waals surface area (Å²) in [5.74, 6) is 0.881. The monoisotopic (exact) mass is 256 g/mol. The van der Waals surface area contributed by atoms with E-state index in [0.717, 1.165) is 10.8 Å². The van der Waals surface area contributed by atoms with Gasteiger partial charge in [-0.15, -0.1) is 0 Å². The van der Waals surface area contributed by atoms with Crippen LogP contribution in [0.3, 0.4) is 0 Å². The molecule has 5 heteroatoms. The van der Waals surface area contributed by atoms with Gasteiger partial charge in [0, 0.05) is 12.5 Å². The Labute approximate surface area is 109 Å². The van der Waals surface area contributed by atoms with E-state index in [1.165, 1.54) is 0 Å². The minimum absolute atomic E-state index is 0.144. The summed E-state index contributed by atoms with van der Waals surface area (Å²) in [5.41, 5.74) is 0.522. The van der Waals surface area contributed by atoms with Crippen molar-refractivity contribution in [2.24, 2.45) is 0 Å². The number of ether oxygens (including phenoxy) is 1. The maximum atomic E-state index is 10.3. The quantitative estimate of drug-likeness (QED) is 0.780. The largest absolute Gasteiger partial charge is 0.506 e. The van der Waals surface area contributed by atoms with Crippen molar-refractivity contribution in [1.82, 2.24) is 10.1 Å². The second-order valence-electron chi connectivity index (χ2n) is 4.13. The van der Waals surface area contributed by atoms with Crippen molar-refractivity contribution in [2.75, 3.05) is 7.11 Å². The molecule has 0 aliphatic rings. The first-order chi connectivity index (χ1) is 9.29. The Bertz CT molecular complexity index is 722. The number of aromatic hydroxyl groups is 1. The van der Waals surface area contributed by atoms with Crippen LogP contribution < -0.4 is 0 Å². The van der Waals surface area contributed by atoms with Crippen molar-refractivity contribution in [3.05, 3.63) is 42.2 Å². The number of phenols is 1. The van der Waals surface area contributed by atoms with Crippen molar-refractivity contribution >= 4 is 10.8 Å². The number of benzene rings is 2. The van der Waals surface area contributed by atoms with Crippen LogP contribution in [0, 0.1) is 0 Å². The van der Waals surface area contributed by atoms with Gasteiger partial charge in [0.15, 0.2) is 5.82 Å². The van der Waals surface area contributed by atoms with E-state index in [1.54, 1.807) is 13.2 Å². The molecule has 5 nitrogen and oxygen atoms in total. The maximum Gasteiger partial charge on any atom is 0.261 e. The molecule has 0 spiro atoms. The van der Waals surface area contributed by atoms with Crippen molar-refractivity contribution in [1.29, 1.82) is 0 Å². The normalized spacial score (nSPS) is 11.0. The van der Waals surface area contributed by atoms with E-state index in [-0.39, 0.29) is 18.2 Å². The summed E-state index contributed by atoms with van der Waals surface area (Å²) in [5, 5.41) is 15.8. The molecule has 0 unspecified atom stereocenters. The summed E-state index contributed by atoms with van der Waals surface area (Å²) in [7, 11) is 1.56. The fraction of sp³-hybridized carbons (Fsp3) is 0.143. The number of fused-ring (bicyclic) bond motifs is 1. The van der Waals surface area contributed by atoms with E-state index >= 15 is 0 Å². The number of rotatable bonds is 3. The third kappa shape index (κ3) is 2.04. The van der Waals surface area contributed by atoms with Crippen LogP contribution >= 0.6 is 0 Å². The lowest BCUT2D eigenvalue weighted by Gasteiger charge is -2.04. The van der Waals surface area contributed by atoms with Crippen LogP contribution in [0.25, 0.3) is 22.2 Å². The average molecular weight is 256 g/mol. The average Bonchev–Trinajstić information content (AvgIpc) is 2.88. The van der Waals surface area contributed by atoms with Gasteiger partial charge in [0.25, 0.3) is 5.89 Å². The molecule has 0 bridgehead atoms. The van der Waals surface area contributed by atoms with E-state index < -0.39 is 0 Å². The van der Waals surface area contributed by atoms with Crippen LogP contribution in [0.4, 0.5) is 0 Å². The molecule has 0 saturated carbocycles. The molecule has 1 heterocycles. The molecule has 2 aromatic carbocycles. The SMILES string of the molecule is COCc1noc(-c2ccc3ccccc3c2O)n1. The number of aromatic nitrogens is 2. The summed E-state index contributed by atoms with van der Waals surface area (Å²) >= 11 is 0. The molecule has 3 rings (SSSR count). The first kappa shape index (κ1) is 11.7. The Hall–Kier alpha value is -2.40. The second kappa shape index (κ2) is 4.70. The molecule has 0 radical (unpaired) electrons. The lowest BCUT2D eigenvalue weighted by atomic mass is 10.1. The van der Waals surface area contributed by atoms with Crippen LogP contribution in [-0.2, 0) is 11.3 Å². The van der Waals surface area contributed by atoms with Gasteiger partial charge in [0.1, 0.15) is 12.4 Å². The third-order valence-corrected chi connectivity index (χ3v) is 2.87. The Morgan fingerprint density at radius 3 is 2.89 bits per heavy atom. The minimum Gasteiger partial charge on any atom is -0.506 e. The van der Waals surface area contributed by atoms with Gasteiger partial charge in [-0.05, 0) is 11.5 Å². The molecule has 0 atom stereocenters. The van der Waals surface area contributed by atoms with Crippen LogP contribution in [0.1, 0.15) is 5.82 Å². The van der Waals surface area contributed by atoms with Crippen LogP contribution in [0.5, 0.6) is 5.75 Å². The number of hydrogen-bond donors (Lipinski definition) is 1.